The number of hydrazone groups is 1. The molecule has 1 saturated carbocycles. The Bertz CT molecular complexity index is 340. The molecule has 0 saturated heterocycles. The van der Waals surface area contributed by atoms with Crippen molar-refractivity contribution in [3.05, 3.63) is 0 Å². The van der Waals surface area contributed by atoms with E-state index in [1.165, 1.54) is 6.42 Å². The second-order valence-electron chi connectivity index (χ2n) is 7.15. The first-order valence-corrected chi connectivity index (χ1v) is 6.62. The summed E-state index contributed by atoms with van der Waals surface area (Å²) < 4.78 is 5.15. The third-order valence-corrected chi connectivity index (χ3v) is 2.87. The van der Waals surface area contributed by atoms with Crippen molar-refractivity contribution in [2.75, 3.05) is 0 Å². The maximum atomic E-state index is 11.5. The van der Waals surface area contributed by atoms with E-state index in [0.29, 0.717) is 5.92 Å². The molecule has 1 aliphatic carbocycles. The number of hydrogen-bond acceptors (Lipinski definition) is 3. The minimum Gasteiger partial charge on any atom is -0.443 e. The number of rotatable bonds is 1. The molecule has 4 heteroatoms. The van der Waals surface area contributed by atoms with E-state index in [2.05, 4.69) is 31.3 Å². The Morgan fingerprint density at radius 2 is 2.06 bits per heavy atom. The summed E-state index contributed by atoms with van der Waals surface area (Å²) in [6.07, 6.45) is 2.62. The third kappa shape index (κ3) is 5.52. The van der Waals surface area contributed by atoms with Gasteiger partial charge in [-0.15, -0.1) is 0 Å². The molecule has 0 radical (unpaired) electrons. The van der Waals surface area contributed by atoms with Crippen molar-refractivity contribution in [3.63, 3.8) is 0 Å². The van der Waals surface area contributed by atoms with Gasteiger partial charge in [-0.3, -0.25) is 0 Å². The van der Waals surface area contributed by atoms with E-state index in [1.807, 2.05) is 20.8 Å². The van der Waals surface area contributed by atoms with Gasteiger partial charge in [0, 0.05) is 5.71 Å². The zero-order valence-corrected chi connectivity index (χ0v) is 12.5. The minimum absolute atomic E-state index is 0.270. The minimum atomic E-state index is -0.483. The summed E-state index contributed by atoms with van der Waals surface area (Å²) in [5.74, 6) is 0.618. The molecule has 1 fully saturated rings. The fourth-order valence-corrected chi connectivity index (χ4v) is 2.63. The molecule has 1 amide bonds. The first kappa shape index (κ1) is 15.0. The monoisotopic (exact) mass is 254 g/mol. The second kappa shape index (κ2) is 5.29. The predicted octanol–water partition coefficient (Wildman–Crippen LogP) is 3.71. The van der Waals surface area contributed by atoms with Crippen molar-refractivity contribution < 1.29 is 9.53 Å². The van der Waals surface area contributed by atoms with Gasteiger partial charge in [-0.25, -0.2) is 10.2 Å². The lowest BCUT2D eigenvalue weighted by molar-refractivity contribution is 0.0528. The van der Waals surface area contributed by atoms with Crippen molar-refractivity contribution in [2.45, 2.75) is 66.4 Å². The quantitative estimate of drug-likeness (QED) is 0.725. The maximum Gasteiger partial charge on any atom is 0.428 e. The molecule has 0 aromatic carbocycles. The van der Waals surface area contributed by atoms with E-state index in [0.717, 1.165) is 18.6 Å². The summed E-state index contributed by atoms with van der Waals surface area (Å²) in [6.45, 7) is 12.2. The van der Waals surface area contributed by atoms with Gasteiger partial charge in [0.25, 0.3) is 0 Å². The van der Waals surface area contributed by atoms with Crippen LogP contribution < -0.4 is 5.43 Å². The Kier molecular flexibility index (Phi) is 4.41. The Labute approximate surface area is 110 Å². The van der Waals surface area contributed by atoms with Crippen LogP contribution in [-0.2, 0) is 4.74 Å². The van der Waals surface area contributed by atoms with Crippen molar-refractivity contribution in [1.29, 1.82) is 0 Å². The molecule has 4 nitrogen and oxygen atoms in total. The number of amides is 1. The summed E-state index contributed by atoms with van der Waals surface area (Å²) >= 11 is 0. The van der Waals surface area contributed by atoms with E-state index in [-0.39, 0.29) is 5.41 Å². The molecule has 18 heavy (non-hydrogen) atoms. The Morgan fingerprint density at radius 1 is 1.44 bits per heavy atom. The lowest BCUT2D eigenvalue weighted by atomic mass is 9.72. The lowest BCUT2D eigenvalue weighted by Gasteiger charge is -2.34. The Morgan fingerprint density at radius 3 is 2.56 bits per heavy atom. The van der Waals surface area contributed by atoms with Gasteiger partial charge in [0.05, 0.1) is 0 Å². The van der Waals surface area contributed by atoms with Crippen LogP contribution in [0.15, 0.2) is 5.10 Å². The summed E-state index contributed by atoms with van der Waals surface area (Å²) in [5.41, 5.74) is 3.34. The van der Waals surface area contributed by atoms with Gasteiger partial charge in [-0.2, -0.15) is 5.10 Å². The molecule has 1 aliphatic rings. The van der Waals surface area contributed by atoms with Crippen LogP contribution in [0.1, 0.15) is 60.8 Å². The predicted molar refractivity (Wildman–Crippen MR) is 73.6 cm³/mol. The fraction of sp³-hybridized carbons (Fsp3) is 0.857. The van der Waals surface area contributed by atoms with Crippen molar-refractivity contribution >= 4 is 11.8 Å². The number of ether oxygens (including phenoxy) is 1. The van der Waals surface area contributed by atoms with Crippen LogP contribution in [0.4, 0.5) is 4.79 Å². The molecule has 1 atom stereocenters. The van der Waals surface area contributed by atoms with E-state index in [9.17, 15) is 4.79 Å². The van der Waals surface area contributed by atoms with Crippen LogP contribution in [0.5, 0.6) is 0 Å². The van der Waals surface area contributed by atoms with Crippen molar-refractivity contribution in [3.8, 4) is 0 Å². The van der Waals surface area contributed by atoms with Crippen LogP contribution in [0.3, 0.4) is 0 Å². The molecular formula is C14H26N2O2. The summed E-state index contributed by atoms with van der Waals surface area (Å²) in [4.78, 5) is 11.5. The van der Waals surface area contributed by atoms with Crippen LogP contribution in [0.2, 0.25) is 0 Å². The normalized spacial score (nSPS) is 25.9. The standard InChI is InChI=1S/C14H26N2O2/c1-10-7-11(9-14(5,6)8-10)15-16-12(17)18-13(2,3)4/h10H,7-9H2,1-6H3,(H,16,17)/b15-11-/t10-/m1/s1. The van der Waals surface area contributed by atoms with Crippen LogP contribution in [0.25, 0.3) is 0 Å². The first-order valence-electron chi connectivity index (χ1n) is 6.62. The molecule has 0 heterocycles. The third-order valence-electron chi connectivity index (χ3n) is 2.87. The molecule has 1 N–H and O–H groups in total. The molecule has 0 bridgehead atoms. The van der Waals surface area contributed by atoms with Gasteiger partial charge in [-0.05, 0) is 51.4 Å². The number of carbonyl (C=O) groups excluding carboxylic acids is 1. The molecule has 0 unspecified atom stereocenters. The van der Waals surface area contributed by atoms with Crippen LogP contribution in [-0.4, -0.2) is 17.4 Å². The van der Waals surface area contributed by atoms with Crippen molar-refractivity contribution in [2.24, 2.45) is 16.4 Å². The van der Waals surface area contributed by atoms with Gasteiger partial charge >= 0.3 is 6.09 Å². The highest BCUT2D eigenvalue weighted by Gasteiger charge is 2.29. The van der Waals surface area contributed by atoms with Crippen LogP contribution in [0, 0.1) is 11.3 Å². The zero-order chi connectivity index (χ0) is 14.0. The van der Waals surface area contributed by atoms with E-state index in [1.54, 1.807) is 0 Å². The summed E-state index contributed by atoms with van der Waals surface area (Å²) in [7, 11) is 0. The molecular weight excluding hydrogens is 228 g/mol. The SMILES string of the molecule is C[C@@H]1C/C(=N/NC(=O)OC(C)(C)C)CC(C)(C)C1. The number of nitrogens with one attached hydrogen (secondary N) is 1. The van der Waals surface area contributed by atoms with Crippen LogP contribution >= 0.6 is 0 Å². The lowest BCUT2D eigenvalue weighted by Crippen LogP contribution is -2.33. The highest BCUT2D eigenvalue weighted by atomic mass is 16.6. The van der Waals surface area contributed by atoms with Gasteiger partial charge in [0.2, 0.25) is 0 Å². The Balaban J connectivity index is 2.54. The largest absolute Gasteiger partial charge is 0.443 e. The smallest absolute Gasteiger partial charge is 0.428 e. The highest BCUT2D eigenvalue weighted by molar-refractivity contribution is 5.86. The van der Waals surface area contributed by atoms with Gasteiger partial charge in [-0.1, -0.05) is 20.8 Å². The molecule has 104 valence electrons. The molecule has 1 rings (SSSR count). The Hall–Kier alpha value is -1.06. The van der Waals surface area contributed by atoms with Gasteiger partial charge in [0.15, 0.2) is 0 Å². The van der Waals surface area contributed by atoms with Gasteiger partial charge < -0.3 is 4.74 Å². The molecule has 0 aromatic heterocycles. The molecule has 0 spiro atoms. The average molecular weight is 254 g/mol. The van der Waals surface area contributed by atoms with E-state index < -0.39 is 11.7 Å². The van der Waals surface area contributed by atoms with Gasteiger partial charge in [0.1, 0.15) is 5.60 Å². The van der Waals surface area contributed by atoms with E-state index in [4.69, 9.17) is 4.74 Å². The zero-order valence-electron chi connectivity index (χ0n) is 12.5. The van der Waals surface area contributed by atoms with Crippen molar-refractivity contribution in [1.82, 2.24) is 5.43 Å². The average Bonchev–Trinajstić information content (AvgIpc) is 2.08. The number of carbonyl (C=O) groups is 1. The molecule has 0 aromatic rings. The maximum absolute atomic E-state index is 11.5. The first-order chi connectivity index (χ1) is 8.07. The fourth-order valence-electron chi connectivity index (χ4n) is 2.63. The topological polar surface area (TPSA) is 50.7 Å². The summed E-state index contributed by atoms with van der Waals surface area (Å²) in [6, 6.07) is 0. The van der Waals surface area contributed by atoms with E-state index >= 15 is 0 Å². The summed E-state index contributed by atoms with van der Waals surface area (Å²) in [5, 5.41) is 4.21. The number of nitrogens with zero attached hydrogens (tertiary/aromatic N) is 1. The second-order valence-corrected chi connectivity index (χ2v) is 7.15. The number of hydrogen-bond donors (Lipinski definition) is 1. The molecule has 0 aliphatic heterocycles. The highest BCUT2D eigenvalue weighted by Crippen LogP contribution is 2.36.